The van der Waals surface area contributed by atoms with Crippen molar-refractivity contribution in [3.05, 3.63) is 53.6 Å². The van der Waals surface area contributed by atoms with Crippen LogP contribution in [0.15, 0.2) is 42.5 Å². The van der Waals surface area contributed by atoms with Crippen molar-refractivity contribution in [1.29, 1.82) is 0 Å². The Hall–Kier alpha value is -3.22. The van der Waals surface area contributed by atoms with Gasteiger partial charge < -0.3 is 24.0 Å². The molecular weight excluding hydrogens is 396 g/mol. The average molecular weight is 427 g/mol. The fourth-order valence-corrected chi connectivity index (χ4v) is 3.50. The molecule has 1 fully saturated rings. The quantitative estimate of drug-likeness (QED) is 0.681. The molecule has 0 atom stereocenters. The van der Waals surface area contributed by atoms with Gasteiger partial charge in [-0.2, -0.15) is 0 Å². The van der Waals surface area contributed by atoms with E-state index >= 15 is 0 Å². The van der Waals surface area contributed by atoms with Crippen LogP contribution in [-0.4, -0.2) is 68.1 Å². The van der Waals surface area contributed by atoms with E-state index in [0.717, 1.165) is 23.3 Å². The van der Waals surface area contributed by atoms with Gasteiger partial charge in [-0.3, -0.25) is 9.59 Å². The van der Waals surface area contributed by atoms with Crippen molar-refractivity contribution in [1.82, 2.24) is 9.80 Å². The van der Waals surface area contributed by atoms with Gasteiger partial charge in [0.1, 0.15) is 5.75 Å². The first kappa shape index (κ1) is 22.5. The molecule has 0 bridgehead atoms. The molecule has 31 heavy (non-hydrogen) atoms. The van der Waals surface area contributed by atoms with E-state index in [1.165, 1.54) is 0 Å². The van der Waals surface area contributed by atoms with Crippen molar-refractivity contribution >= 4 is 11.8 Å². The topological polar surface area (TPSA) is 68.3 Å². The standard InChI is InChI=1S/C24H30N2O5/c1-18-8-6-11-20(19(18)2)30-16-23(27)25-12-7-13-26(15-14-25)24(28)17-31-22-10-5-4-9-21(22)29-3/h4-6,8-11H,7,12-17H2,1-3H3. The summed E-state index contributed by atoms with van der Waals surface area (Å²) < 4.78 is 16.6. The molecule has 0 radical (unpaired) electrons. The molecule has 0 aromatic heterocycles. The Morgan fingerprint density at radius 2 is 1.32 bits per heavy atom. The Bertz CT molecular complexity index is 915. The van der Waals surface area contributed by atoms with Crippen LogP contribution in [0.2, 0.25) is 0 Å². The van der Waals surface area contributed by atoms with Gasteiger partial charge in [-0.1, -0.05) is 24.3 Å². The number of carbonyl (C=O) groups excluding carboxylic acids is 2. The second-order valence-electron chi connectivity index (χ2n) is 7.54. The van der Waals surface area contributed by atoms with Crippen molar-refractivity contribution < 1.29 is 23.8 Å². The minimum absolute atomic E-state index is 0.00481. The largest absolute Gasteiger partial charge is 0.493 e. The van der Waals surface area contributed by atoms with E-state index in [2.05, 4.69) is 0 Å². The monoisotopic (exact) mass is 426 g/mol. The summed E-state index contributed by atoms with van der Waals surface area (Å²) in [5, 5.41) is 0. The van der Waals surface area contributed by atoms with Crippen molar-refractivity contribution in [3.63, 3.8) is 0 Å². The molecule has 7 nitrogen and oxygen atoms in total. The lowest BCUT2D eigenvalue weighted by molar-refractivity contribution is -0.135. The van der Waals surface area contributed by atoms with Gasteiger partial charge in [0.05, 0.1) is 7.11 Å². The number of hydrogen-bond acceptors (Lipinski definition) is 5. The van der Waals surface area contributed by atoms with Gasteiger partial charge in [0.15, 0.2) is 24.7 Å². The van der Waals surface area contributed by atoms with Gasteiger partial charge in [-0.05, 0) is 49.6 Å². The number of benzene rings is 2. The van der Waals surface area contributed by atoms with Gasteiger partial charge in [0.25, 0.3) is 11.8 Å². The molecule has 1 saturated heterocycles. The average Bonchev–Trinajstić information content (AvgIpc) is 3.05. The summed E-state index contributed by atoms with van der Waals surface area (Å²) in [5.74, 6) is 1.68. The zero-order valence-corrected chi connectivity index (χ0v) is 18.4. The fraction of sp³-hybridized carbons (Fsp3) is 0.417. The number of hydrogen-bond donors (Lipinski definition) is 0. The maximum absolute atomic E-state index is 12.6. The molecule has 7 heteroatoms. The van der Waals surface area contributed by atoms with Crippen LogP contribution < -0.4 is 14.2 Å². The molecule has 1 aliphatic heterocycles. The van der Waals surface area contributed by atoms with Crippen LogP contribution >= 0.6 is 0 Å². The SMILES string of the molecule is COc1ccccc1OCC(=O)N1CCCN(C(=O)COc2cccc(C)c2C)CC1. The van der Waals surface area contributed by atoms with E-state index in [1.807, 2.05) is 44.2 Å². The molecular formula is C24H30N2O5. The van der Waals surface area contributed by atoms with Crippen LogP contribution in [0.25, 0.3) is 0 Å². The summed E-state index contributed by atoms with van der Waals surface area (Å²) in [7, 11) is 1.56. The fourth-order valence-electron chi connectivity index (χ4n) is 3.50. The summed E-state index contributed by atoms with van der Waals surface area (Å²) >= 11 is 0. The van der Waals surface area contributed by atoms with E-state index in [1.54, 1.807) is 29.0 Å². The van der Waals surface area contributed by atoms with Crippen LogP contribution in [0.1, 0.15) is 17.5 Å². The number of nitrogens with zero attached hydrogens (tertiary/aromatic N) is 2. The number of ether oxygens (including phenoxy) is 3. The lowest BCUT2D eigenvalue weighted by Crippen LogP contribution is -2.40. The summed E-state index contributed by atoms with van der Waals surface area (Å²) in [6, 6.07) is 13.0. The smallest absolute Gasteiger partial charge is 0.260 e. The highest BCUT2D eigenvalue weighted by atomic mass is 16.5. The van der Waals surface area contributed by atoms with Gasteiger partial charge in [0.2, 0.25) is 0 Å². The van der Waals surface area contributed by atoms with E-state index in [-0.39, 0.29) is 25.0 Å². The molecule has 2 aromatic carbocycles. The third-order valence-electron chi connectivity index (χ3n) is 5.53. The maximum atomic E-state index is 12.6. The maximum Gasteiger partial charge on any atom is 0.260 e. The molecule has 0 aliphatic carbocycles. The number of methoxy groups -OCH3 is 1. The number of amides is 2. The Kier molecular flexibility index (Phi) is 7.76. The second-order valence-corrected chi connectivity index (χ2v) is 7.54. The predicted molar refractivity (Wildman–Crippen MR) is 118 cm³/mol. The zero-order chi connectivity index (χ0) is 22.2. The van der Waals surface area contributed by atoms with Gasteiger partial charge in [-0.25, -0.2) is 0 Å². The van der Waals surface area contributed by atoms with E-state index < -0.39 is 0 Å². The van der Waals surface area contributed by atoms with Crippen molar-refractivity contribution in [2.45, 2.75) is 20.3 Å². The first-order valence-electron chi connectivity index (χ1n) is 10.5. The van der Waals surface area contributed by atoms with Crippen LogP contribution in [0.4, 0.5) is 0 Å². The minimum atomic E-state index is -0.105. The number of para-hydroxylation sites is 2. The zero-order valence-electron chi connectivity index (χ0n) is 18.4. The van der Waals surface area contributed by atoms with Crippen molar-refractivity contribution in [2.24, 2.45) is 0 Å². The third-order valence-corrected chi connectivity index (χ3v) is 5.53. The Morgan fingerprint density at radius 1 is 0.774 bits per heavy atom. The normalized spacial score (nSPS) is 14.0. The van der Waals surface area contributed by atoms with Crippen molar-refractivity contribution in [3.8, 4) is 17.2 Å². The number of rotatable bonds is 7. The third kappa shape index (κ3) is 5.90. The molecule has 2 amide bonds. The molecule has 166 valence electrons. The minimum Gasteiger partial charge on any atom is -0.493 e. The van der Waals surface area contributed by atoms with Crippen LogP contribution in [0.3, 0.4) is 0 Å². The summed E-state index contributed by atoms with van der Waals surface area (Å²) in [6.07, 6.45) is 0.718. The van der Waals surface area contributed by atoms with Crippen LogP contribution in [-0.2, 0) is 9.59 Å². The molecule has 0 saturated carbocycles. The molecule has 0 unspecified atom stereocenters. The molecule has 0 N–H and O–H groups in total. The number of aryl methyl sites for hydroxylation is 1. The molecule has 0 spiro atoms. The second kappa shape index (κ2) is 10.7. The Morgan fingerprint density at radius 3 is 1.94 bits per heavy atom. The first-order valence-corrected chi connectivity index (χ1v) is 10.5. The van der Waals surface area contributed by atoms with Crippen molar-refractivity contribution in [2.75, 3.05) is 46.5 Å². The van der Waals surface area contributed by atoms with Crippen LogP contribution in [0, 0.1) is 13.8 Å². The van der Waals surface area contributed by atoms with Crippen LogP contribution in [0.5, 0.6) is 17.2 Å². The molecule has 2 aromatic rings. The lowest BCUT2D eigenvalue weighted by Gasteiger charge is -2.22. The lowest BCUT2D eigenvalue weighted by atomic mass is 10.1. The molecule has 1 heterocycles. The Balaban J connectivity index is 1.48. The van der Waals surface area contributed by atoms with E-state index in [4.69, 9.17) is 14.2 Å². The summed E-state index contributed by atoms with van der Waals surface area (Å²) in [5.41, 5.74) is 2.17. The summed E-state index contributed by atoms with van der Waals surface area (Å²) in [6.45, 7) is 6.08. The van der Waals surface area contributed by atoms with E-state index in [0.29, 0.717) is 37.7 Å². The molecule has 1 aliphatic rings. The van der Waals surface area contributed by atoms with Gasteiger partial charge >= 0.3 is 0 Å². The first-order chi connectivity index (χ1) is 15.0. The summed E-state index contributed by atoms with van der Waals surface area (Å²) in [4.78, 5) is 28.8. The van der Waals surface area contributed by atoms with E-state index in [9.17, 15) is 9.59 Å². The number of carbonyl (C=O) groups is 2. The molecule has 3 rings (SSSR count). The highest BCUT2D eigenvalue weighted by Gasteiger charge is 2.23. The Labute approximate surface area is 183 Å². The highest BCUT2D eigenvalue weighted by Crippen LogP contribution is 2.25. The van der Waals surface area contributed by atoms with Gasteiger partial charge in [-0.15, -0.1) is 0 Å². The highest BCUT2D eigenvalue weighted by molar-refractivity contribution is 5.79. The predicted octanol–water partition coefficient (Wildman–Crippen LogP) is 2.83. The van der Waals surface area contributed by atoms with Gasteiger partial charge in [0, 0.05) is 26.2 Å².